The Hall–Kier alpha value is -1.71. The van der Waals surface area contributed by atoms with E-state index in [9.17, 15) is 14.0 Å². The van der Waals surface area contributed by atoms with Crippen LogP contribution in [0, 0.1) is 5.82 Å². The number of nitrogens with zero attached hydrogens (tertiary/aromatic N) is 1. The molecule has 1 rings (SSSR count). The summed E-state index contributed by atoms with van der Waals surface area (Å²) in [6.45, 7) is 4.73. The maximum Gasteiger partial charge on any atom is 0.254 e. The quantitative estimate of drug-likeness (QED) is 0.733. The van der Waals surface area contributed by atoms with Gasteiger partial charge < -0.3 is 4.90 Å². The number of aldehydes is 1. The maximum absolute atomic E-state index is 13.3. The van der Waals surface area contributed by atoms with Gasteiger partial charge in [-0.1, -0.05) is 6.07 Å². The first-order chi connectivity index (χ1) is 7.65. The number of halogens is 1. The normalized spacial score (nSPS) is 9.94. The molecule has 86 valence electrons. The van der Waals surface area contributed by atoms with Crippen molar-refractivity contribution in [3.05, 3.63) is 35.1 Å². The second-order valence-electron chi connectivity index (χ2n) is 3.30. The van der Waals surface area contributed by atoms with Crippen molar-refractivity contribution in [2.45, 2.75) is 13.8 Å². The molecule has 0 unspecified atom stereocenters. The fraction of sp³-hybridized carbons (Fsp3) is 0.333. The van der Waals surface area contributed by atoms with Crippen LogP contribution in [0.5, 0.6) is 0 Å². The van der Waals surface area contributed by atoms with Crippen molar-refractivity contribution in [1.29, 1.82) is 0 Å². The minimum absolute atomic E-state index is 0.124. The summed E-state index contributed by atoms with van der Waals surface area (Å²) < 4.78 is 13.3. The molecule has 1 aromatic rings. The van der Waals surface area contributed by atoms with E-state index in [2.05, 4.69) is 0 Å². The third-order valence-corrected chi connectivity index (χ3v) is 2.45. The zero-order chi connectivity index (χ0) is 12.1. The second-order valence-corrected chi connectivity index (χ2v) is 3.30. The average Bonchev–Trinajstić information content (AvgIpc) is 2.30. The van der Waals surface area contributed by atoms with E-state index in [1.807, 2.05) is 13.8 Å². The number of benzene rings is 1. The standard InChI is InChI=1S/C12H14FNO2/c1-3-14(4-2)12(16)9-6-5-7-11(13)10(9)8-15/h5-8H,3-4H2,1-2H3. The monoisotopic (exact) mass is 223 g/mol. The molecule has 4 heteroatoms. The highest BCUT2D eigenvalue weighted by atomic mass is 19.1. The molecule has 0 aliphatic heterocycles. The molecule has 16 heavy (non-hydrogen) atoms. The lowest BCUT2D eigenvalue weighted by Crippen LogP contribution is -2.31. The van der Waals surface area contributed by atoms with Gasteiger partial charge >= 0.3 is 0 Å². The zero-order valence-electron chi connectivity index (χ0n) is 9.37. The molecule has 0 heterocycles. The fourth-order valence-corrected chi connectivity index (χ4v) is 1.52. The van der Waals surface area contributed by atoms with Gasteiger partial charge in [-0.2, -0.15) is 0 Å². The summed E-state index contributed by atoms with van der Waals surface area (Å²) >= 11 is 0. The highest BCUT2D eigenvalue weighted by molar-refractivity contribution is 6.01. The topological polar surface area (TPSA) is 37.4 Å². The van der Waals surface area contributed by atoms with Gasteiger partial charge in [-0.25, -0.2) is 4.39 Å². The molecule has 0 aliphatic carbocycles. The van der Waals surface area contributed by atoms with Gasteiger partial charge in [0, 0.05) is 13.1 Å². The first-order valence-electron chi connectivity index (χ1n) is 5.18. The molecule has 0 N–H and O–H groups in total. The van der Waals surface area contributed by atoms with Gasteiger partial charge in [0.25, 0.3) is 5.91 Å². The van der Waals surface area contributed by atoms with Crippen LogP contribution >= 0.6 is 0 Å². The Balaban J connectivity index is 3.17. The lowest BCUT2D eigenvalue weighted by Gasteiger charge is -2.19. The van der Waals surface area contributed by atoms with E-state index in [0.29, 0.717) is 19.4 Å². The predicted molar refractivity (Wildman–Crippen MR) is 59.0 cm³/mol. The van der Waals surface area contributed by atoms with E-state index in [1.165, 1.54) is 18.2 Å². The predicted octanol–water partition coefficient (Wildman–Crippen LogP) is 2.12. The number of hydrogen-bond acceptors (Lipinski definition) is 2. The van der Waals surface area contributed by atoms with Crippen LogP contribution in [0.1, 0.15) is 34.6 Å². The average molecular weight is 223 g/mol. The molecule has 0 saturated carbocycles. The molecule has 0 spiro atoms. The van der Waals surface area contributed by atoms with E-state index in [1.54, 1.807) is 4.90 Å². The van der Waals surface area contributed by atoms with Crippen LogP contribution in [-0.4, -0.2) is 30.2 Å². The smallest absolute Gasteiger partial charge is 0.254 e. The van der Waals surface area contributed by atoms with Gasteiger partial charge in [-0.15, -0.1) is 0 Å². The lowest BCUT2D eigenvalue weighted by atomic mass is 10.1. The Kier molecular flexibility index (Phi) is 4.17. The molecule has 0 aliphatic rings. The number of carbonyl (C=O) groups excluding carboxylic acids is 2. The largest absolute Gasteiger partial charge is 0.339 e. The van der Waals surface area contributed by atoms with Gasteiger partial charge in [0.2, 0.25) is 0 Å². The van der Waals surface area contributed by atoms with E-state index in [0.717, 1.165) is 0 Å². The van der Waals surface area contributed by atoms with Crippen LogP contribution in [0.25, 0.3) is 0 Å². The summed E-state index contributed by atoms with van der Waals surface area (Å²) in [5, 5.41) is 0. The summed E-state index contributed by atoms with van der Waals surface area (Å²) in [6.07, 6.45) is 0.381. The lowest BCUT2D eigenvalue weighted by molar-refractivity contribution is 0.0769. The van der Waals surface area contributed by atoms with E-state index < -0.39 is 5.82 Å². The van der Waals surface area contributed by atoms with Gasteiger partial charge in [0.15, 0.2) is 6.29 Å². The van der Waals surface area contributed by atoms with Crippen molar-refractivity contribution in [2.75, 3.05) is 13.1 Å². The van der Waals surface area contributed by atoms with E-state index in [4.69, 9.17) is 0 Å². The van der Waals surface area contributed by atoms with Crippen LogP contribution in [0.3, 0.4) is 0 Å². The molecular formula is C12H14FNO2. The van der Waals surface area contributed by atoms with Gasteiger partial charge in [-0.3, -0.25) is 9.59 Å². The third-order valence-electron chi connectivity index (χ3n) is 2.45. The Morgan fingerprint density at radius 1 is 1.38 bits per heavy atom. The van der Waals surface area contributed by atoms with Crippen molar-refractivity contribution < 1.29 is 14.0 Å². The Bertz CT molecular complexity index is 400. The summed E-state index contributed by atoms with van der Waals surface area (Å²) in [5.41, 5.74) is -0.0434. The fourth-order valence-electron chi connectivity index (χ4n) is 1.52. The molecule has 3 nitrogen and oxygen atoms in total. The second kappa shape index (κ2) is 5.39. The third kappa shape index (κ3) is 2.27. The molecule has 0 bridgehead atoms. The van der Waals surface area contributed by atoms with E-state index >= 15 is 0 Å². The Labute approximate surface area is 93.9 Å². The Morgan fingerprint density at radius 2 is 2.00 bits per heavy atom. The zero-order valence-corrected chi connectivity index (χ0v) is 9.37. The molecule has 1 aromatic carbocycles. The molecule has 0 atom stereocenters. The highest BCUT2D eigenvalue weighted by Crippen LogP contribution is 2.13. The molecule has 0 aromatic heterocycles. The number of amides is 1. The van der Waals surface area contributed by atoms with Gasteiger partial charge in [0.1, 0.15) is 5.82 Å². The van der Waals surface area contributed by atoms with Crippen molar-refractivity contribution in [2.24, 2.45) is 0 Å². The number of carbonyl (C=O) groups is 2. The molecule has 0 saturated heterocycles. The van der Waals surface area contributed by atoms with Crippen LogP contribution in [0.15, 0.2) is 18.2 Å². The molecule has 0 fully saturated rings. The van der Waals surface area contributed by atoms with Crippen LogP contribution in [-0.2, 0) is 0 Å². The number of hydrogen-bond donors (Lipinski definition) is 0. The molecule has 0 radical (unpaired) electrons. The SMILES string of the molecule is CCN(CC)C(=O)c1cccc(F)c1C=O. The minimum atomic E-state index is -0.659. The first-order valence-corrected chi connectivity index (χ1v) is 5.18. The van der Waals surface area contributed by atoms with Crippen LogP contribution in [0.4, 0.5) is 4.39 Å². The van der Waals surface area contributed by atoms with Gasteiger partial charge in [0.05, 0.1) is 11.1 Å². The summed E-state index contributed by atoms with van der Waals surface area (Å²) in [6, 6.07) is 4.06. The van der Waals surface area contributed by atoms with Crippen molar-refractivity contribution >= 4 is 12.2 Å². The highest BCUT2D eigenvalue weighted by Gasteiger charge is 2.18. The Morgan fingerprint density at radius 3 is 2.50 bits per heavy atom. The van der Waals surface area contributed by atoms with Crippen LogP contribution in [0.2, 0.25) is 0 Å². The summed E-state index contributed by atoms with van der Waals surface area (Å²) in [7, 11) is 0. The van der Waals surface area contributed by atoms with Crippen LogP contribution < -0.4 is 0 Å². The first kappa shape index (κ1) is 12.4. The van der Waals surface area contributed by atoms with Gasteiger partial charge in [-0.05, 0) is 26.0 Å². The maximum atomic E-state index is 13.3. The van der Waals surface area contributed by atoms with Crippen molar-refractivity contribution in [3.8, 4) is 0 Å². The molecular weight excluding hydrogens is 209 g/mol. The van der Waals surface area contributed by atoms with Crippen molar-refractivity contribution in [1.82, 2.24) is 4.90 Å². The van der Waals surface area contributed by atoms with E-state index in [-0.39, 0.29) is 17.0 Å². The minimum Gasteiger partial charge on any atom is -0.339 e. The molecule has 1 amide bonds. The van der Waals surface area contributed by atoms with Crippen molar-refractivity contribution in [3.63, 3.8) is 0 Å². The summed E-state index contributed by atoms with van der Waals surface area (Å²) in [5.74, 6) is -0.973. The summed E-state index contributed by atoms with van der Waals surface area (Å²) in [4.78, 5) is 24.2. The number of rotatable bonds is 4.